The van der Waals surface area contributed by atoms with E-state index in [0.717, 1.165) is 23.5 Å². The van der Waals surface area contributed by atoms with E-state index in [1.807, 2.05) is 25.5 Å². The quantitative estimate of drug-likeness (QED) is 0.592. The topological polar surface area (TPSA) is 104 Å². The summed E-state index contributed by atoms with van der Waals surface area (Å²) in [5.74, 6) is -0.330. The van der Waals surface area contributed by atoms with Gasteiger partial charge < -0.3 is 5.32 Å². The highest BCUT2D eigenvalue weighted by Gasteiger charge is 2.16. The lowest BCUT2D eigenvalue weighted by Crippen LogP contribution is -2.44. The summed E-state index contributed by atoms with van der Waals surface area (Å²) in [6, 6.07) is 3.37. The van der Waals surface area contributed by atoms with E-state index >= 15 is 0 Å². The number of hydrogen-bond acceptors (Lipinski definition) is 5. The Balaban J connectivity index is 1.77. The van der Waals surface area contributed by atoms with Crippen LogP contribution in [0.15, 0.2) is 27.9 Å². The molecule has 0 fully saturated rings. The van der Waals surface area contributed by atoms with Gasteiger partial charge in [-0.1, -0.05) is 0 Å². The van der Waals surface area contributed by atoms with Crippen LogP contribution in [-0.2, 0) is 30.8 Å². The second-order valence-corrected chi connectivity index (χ2v) is 6.85. The van der Waals surface area contributed by atoms with Gasteiger partial charge in [0.05, 0.1) is 11.2 Å². The molecule has 9 nitrogen and oxygen atoms in total. The molecular weight excluding hydrogens is 372 g/mol. The first-order valence-electron chi connectivity index (χ1n) is 9.76. The van der Waals surface area contributed by atoms with E-state index < -0.39 is 11.1 Å². The minimum absolute atomic E-state index is 0.229. The summed E-state index contributed by atoms with van der Waals surface area (Å²) in [6.07, 6.45) is 2.21. The number of carbonyl (C=O) groups excluding carboxylic acids is 1. The fourth-order valence-electron chi connectivity index (χ4n) is 3.62. The Kier molecular flexibility index (Phi) is 5.95. The van der Waals surface area contributed by atoms with Crippen molar-refractivity contribution in [3.8, 4) is 0 Å². The van der Waals surface area contributed by atoms with Crippen molar-refractivity contribution in [1.29, 1.82) is 0 Å². The van der Waals surface area contributed by atoms with Gasteiger partial charge in [-0.25, -0.2) is 4.98 Å². The number of carbonyl (C=O) groups is 1. The van der Waals surface area contributed by atoms with Crippen molar-refractivity contribution < 1.29 is 4.79 Å². The van der Waals surface area contributed by atoms with E-state index in [1.54, 1.807) is 25.3 Å². The Morgan fingerprint density at radius 3 is 2.48 bits per heavy atom. The molecule has 3 aromatic heterocycles. The molecule has 29 heavy (non-hydrogen) atoms. The Morgan fingerprint density at radius 1 is 1.10 bits per heavy atom. The molecule has 0 saturated carbocycles. The molecule has 0 bridgehead atoms. The van der Waals surface area contributed by atoms with Crippen LogP contribution in [0.2, 0.25) is 0 Å². The van der Waals surface area contributed by atoms with Crippen LogP contribution >= 0.6 is 0 Å². The molecule has 3 heterocycles. The van der Waals surface area contributed by atoms with Crippen molar-refractivity contribution in [3.63, 3.8) is 0 Å². The molecule has 0 aliphatic carbocycles. The number of nitrogens with zero attached hydrogens (tertiary/aromatic N) is 5. The van der Waals surface area contributed by atoms with Crippen molar-refractivity contribution >= 4 is 17.1 Å². The largest absolute Gasteiger partial charge is 0.354 e. The average Bonchev–Trinajstić information content (AvgIpc) is 2.99. The normalized spacial score (nSPS) is 11.2. The Labute approximate surface area is 168 Å². The molecule has 3 aromatic rings. The lowest BCUT2D eigenvalue weighted by atomic mass is 10.1. The molecule has 1 N–H and O–H groups in total. The second-order valence-electron chi connectivity index (χ2n) is 6.85. The maximum absolute atomic E-state index is 12.5. The molecule has 0 saturated heterocycles. The van der Waals surface area contributed by atoms with Gasteiger partial charge in [-0.05, 0) is 51.8 Å². The van der Waals surface area contributed by atoms with Crippen molar-refractivity contribution in [3.05, 3.63) is 56.0 Å². The van der Waals surface area contributed by atoms with Crippen LogP contribution in [0.25, 0.3) is 11.2 Å². The SMILES string of the molecule is CCn1nc(C)c(CCNC(=O)Cn2c(=O)c(=O)n(CC)c3ncccc32)c1C. The molecule has 0 spiro atoms. The number of amides is 1. The van der Waals surface area contributed by atoms with Crippen molar-refractivity contribution in [1.82, 2.24) is 29.2 Å². The number of aromatic nitrogens is 5. The molecule has 0 atom stereocenters. The predicted molar refractivity (Wildman–Crippen MR) is 110 cm³/mol. The van der Waals surface area contributed by atoms with Crippen LogP contribution in [0.1, 0.15) is 30.8 Å². The number of pyridine rings is 1. The number of fused-ring (bicyclic) bond motifs is 1. The van der Waals surface area contributed by atoms with Gasteiger partial charge in [0.2, 0.25) is 5.91 Å². The van der Waals surface area contributed by atoms with Crippen LogP contribution < -0.4 is 16.4 Å². The van der Waals surface area contributed by atoms with Gasteiger partial charge in [0.25, 0.3) is 0 Å². The van der Waals surface area contributed by atoms with E-state index in [9.17, 15) is 14.4 Å². The Bertz CT molecular complexity index is 1170. The van der Waals surface area contributed by atoms with Crippen LogP contribution in [0, 0.1) is 13.8 Å². The molecule has 3 rings (SSSR count). The monoisotopic (exact) mass is 398 g/mol. The lowest BCUT2D eigenvalue weighted by molar-refractivity contribution is -0.121. The third kappa shape index (κ3) is 3.85. The van der Waals surface area contributed by atoms with Gasteiger partial charge in [0.1, 0.15) is 6.54 Å². The van der Waals surface area contributed by atoms with Crippen LogP contribution in [0.4, 0.5) is 0 Å². The fraction of sp³-hybridized carbons (Fsp3) is 0.450. The third-order valence-electron chi connectivity index (χ3n) is 5.13. The maximum atomic E-state index is 12.5. The summed E-state index contributed by atoms with van der Waals surface area (Å²) in [6.45, 7) is 9.11. The van der Waals surface area contributed by atoms with Gasteiger partial charge in [-0.15, -0.1) is 0 Å². The van der Waals surface area contributed by atoms with Crippen molar-refractivity contribution in [2.45, 2.75) is 53.8 Å². The van der Waals surface area contributed by atoms with Gasteiger partial charge >= 0.3 is 11.1 Å². The molecule has 154 valence electrons. The summed E-state index contributed by atoms with van der Waals surface area (Å²) in [4.78, 5) is 41.6. The molecule has 1 amide bonds. The van der Waals surface area contributed by atoms with Crippen molar-refractivity contribution in [2.24, 2.45) is 0 Å². The van der Waals surface area contributed by atoms with Crippen LogP contribution in [0.3, 0.4) is 0 Å². The third-order valence-corrected chi connectivity index (χ3v) is 5.13. The van der Waals surface area contributed by atoms with E-state index in [-0.39, 0.29) is 12.5 Å². The first kappa shape index (κ1) is 20.5. The number of hydrogen-bond donors (Lipinski definition) is 1. The summed E-state index contributed by atoms with van der Waals surface area (Å²) in [5.41, 5.74) is 2.62. The zero-order valence-electron chi connectivity index (χ0n) is 17.2. The summed E-state index contributed by atoms with van der Waals surface area (Å²) < 4.78 is 4.45. The summed E-state index contributed by atoms with van der Waals surface area (Å²) in [7, 11) is 0. The molecular formula is C20H26N6O3. The highest BCUT2D eigenvalue weighted by Crippen LogP contribution is 2.13. The zero-order chi connectivity index (χ0) is 21.1. The van der Waals surface area contributed by atoms with Gasteiger partial charge in [0, 0.05) is 31.5 Å². The van der Waals surface area contributed by atoms with E-state index in [0.29, 0.717) is 30.7 Å². The van der Waals surface area contributed by atoms with Gasteiger partial charge in [-0.3, -0.25) is 28.2 Å². The number of nitrogens with one attached hydrogen (secondary N) is 1. The predicted octanol–water partition coefficient (Wildman–Crippen LogP) is 0.770. The lowest BCUT2D eigenvalue weighted by Gasteiger charge is -2.13. The van der Waals surface area contributed by atoms with Gasteiger partial charge in [-0.2, -0.15) is 5.10 Å². The highest BCUT2D eigenvalue weighted by molar-refractivity contribution is 5.78. The average molecular weight is 398 g/mol. The van der Waals surface area contributed by atoms with E-state index in [2.05, 4.69) is 15.4 Å². The molecule has 0 aliphatic heterocycles. The number of rotatable bonds is 7. The first-order valence-corrected chi connectivity index (χ1v) is 9.76. The Morgan fingerprint density at radius 2 is 1.83 bits per heavy atom. The number of aryl methyl sites for hydroxylation is 3. The standard InChI is InChI=1S/C20H26N6O3/c1-5-24-18-16(8-7-10-22-18)25(20(29)19(24)28)12-17(27)21-11-9-15-13(3)23-26(6-2)14(15)4/h7-8,10H,5-6,9,11-12H2,1-4H3,(H,21,27). The van der Waals surface area contributed by atoms with E-state index in [1.165, 1.54) is 9.13 Å². The zero-order valence-corrected chi connectivity index (χ0v) is 17.2. The first-order chi connectivity index (χ1) is 13.9. The summed E-state index contributed by atoms with van der Waals surface area (Å²) in [5, 5.41) is 7.32. The molecule has 0 unspecified atom stereocenters. The molecule has 0 radical (unpaired) electrons. The maximum Gasteiger partial charge on any atom is 0.318 e. The minimum atomic E-state index is -0.724. The summed E-state index contributed by atoms with van der Waals surface area (Å²) >= 11 is 0. The molecule has 0 aromatic carbocycles. The smallest absolute Gasteiger partial charge is 0.318 e. The second kappa shape index (κ2) is 8.42. The van der Waals surface area contributed by atoms with Crippen LogP contribution in [0.5, 0.6) is 0 Å². The van der Waals surface area contributed by atoms with Crippen molar-refractivity contribution in [2.75, 3.05) is 6.54 Å². The molecule has 9 heteroatoms. The van der Waals surface area contributed by atoms with Crippen LogP contribution in [-0.4, -0.2) is 36.4 Å². The highest BCUT2D eigenvalue weighted by atomic mass is 16.2. The fourth-order valence-corrected chi connectivity index (χ4v) is 3.62. The minimum Gasteiger partial charge on any atom is -0.354 e. The Hall–Kier alpha value is -3.23. The molecule has 0 aliphatic rings. The van der Waals surface area contributed by atoms with E-state index in [4.69, 9.17) is 0 Å². The van der Waals surface area contributed by atoms with Gasteiger partial charge in [0.15, 0.2) is 5.65 Å².